The molecule has 1 aromatic carbocycles. The Morgan fingerprint density at radius 2 is 1.93 bits per heavy atom. The van der Waals surface area contributed by atoms with Gasteiger partial charge < -0.3 is 29.7 Å². The Kier molecular flexibility index (Phi) is 6.64. The number of nitrogens with one attached hydrogen (secondary N) is 1. The third kappa shape index (κ3) is 4.51. The molecule has 2 saturated heterocycles. The number of esters is 1. The van der Waals surface area contributed by atoms with Gasteiger partial charge in [-0.2, -0.15) is 0 Å². The van der Waals surface area contributed by atoms with Gasteiger partial charge in [-0.3, -0.25) is 0 Å². The molecule has 0 aromatic heterocycles. The molecule has 0 unspecified atom stereocenters. The van der Waals surface area contributed by atoms with Crippen molar-refractivity contribution in [2.45, 2.75) is 25.4 Å². The number of hydrogen-bond acceptors (Lipinski definition) is 6. The molecular weight excluding hydrogens is 386 g/mol. The van der Waals surface area contributed by atoms with E-state index in [0.29, 0.717) is 37.0 Å². The molecule has 0 atom stereocenters. The lowest BCUT2D eigenvalue weighted by Gasteiger charge is -2.36. The lowest BCUT2D eigenvalue weighted by Crippen LogP contribution is -2.52. The molecule has 8 nitrogen and oxygen atoms in total. The van der Waals surface area contributed by atoms with Gasteiger partial charge in [0.25, 0.3) is 0 Å². The van der Waals surface area contributed by atoms with Crippen LogP contribution in [0.3, 0.4) is 0 Å². The van der Waals surface area contributed by atoms with Crippen LogP contribution < -0.4 is 10.2 Å². The second-order valence-electron chi connectivity index (χ2n) is 6.90. The number of morpholine rings is 1. The van der Waals surface area contributed by atoms with Gasteiger partial charge in [0.15, 0.2) is 5.60 Å². The number of halogens is 1. The number of piperidine rings is 1. The third-order valence-electron chi connectivity index (χ3n) is 5.09. The number of ether oxygens (including phenoxy) is 2. The largest absolute Gasteiger partial charge is 0.464 e. The average Bonchev–Trinajstić information content (AvgIpc) is 2.69. The Hall–Kier alpha value is -2.03. The number of benzene rings is 1. The van der Waals surface area contributed by atoms with Crippen molar-refractivity contribution >= 4 is 35.0 Å². The first-order chi connectivity index (χ1) is 13.4. The minimum absolute atomic E-state index is 0.144. The molecule has 2 N–H and O–H groups in total. The van der Waals surface area contributed by atoms with E-state index in [-0.39, 0.29) is 38.6 Å². The van der Waals surface area contributed by atoms with Crippen molar-refractivity contribution in [3.05, 3.63) is 23.2 Å². The third-order valence-corrected chi connectivity index (χ3v) is 5.39. The molecule has 2 heterocycles. The Morgan fingerprint density at radius 1 is 1.25 bits per heavy atom. The van der Waals surface area contributed by atoms with Gasteiger partial charge in [-0.15, -0.1) is 0 Å². The van der Waals surface area contributed by atoms with Crippen LogP contribution in [0.2, 0.25) is 5.02 Å². The number of anilines is 2. The molecule has 2 fully saturated rings. The van der Waals surface area contributed by atoms with E-state index in [2.05, 4.69) is 10.2 Å². The molecule has 2 amide bonds. The predicted octanol–water partition coefficient (Wildman–Crippen LogP) is 2.10. The molecule has 3 rings (SSSR count). The van der Waals surface area contributed by atoms with Crippen LogP contribution in [-0.2, 0) is 14.3 Å². The zero-order valence-corrected chi connectivity index (χ0v) is 16.7. The maximum absolute atomic E-state index is 12.8. The number of amides is 2. The van der Waals surface area contributed by atoms with Crippen molar-refractivity contribution in [3.63, 3.8) is 0 Å². The van der Waals surface area contributed by atoms with E-state index < -0.39 is 11.6 Å². The molecular formula is C19H26ClN3O5. The van der Waals surface area contributed by atoms with Crippen LogP contribution in [-0.4, -0.2) is 73.6 Å². The van der Waals surface area contributed by atoms with E-state index in [9.17, 15) is 14.7 Å². The van der Waals surface area contributed by atoms with Crippen LogP contribution in [0.1, 0.15) is 19.8 Å². The highest BCUT2D eigenvalue weighted by molar-refractivity contribution is 6.34. The lowest BCUT2D eigenvalue weighted by molar-refractivity contribution is -0.169. The number of nitrogens with zero attached hydrogens (tertiary/aromatic N) is 2. The van der Waals surface area contributed by atoms with E-state index in [1.165, 1.54) is 0 Å². The number of hydrogen-bond donors (Lipinski definition) is 2. The molecule has 2 aliphatic rings. The molecule has 0 saturated carbocycles. The number of carbonyl (C=O) groups is 2. The van der Waals surface area contributed by atoms with E-state index in [4.69, 9.17) is 21.1 Å². The summed E-state index contributed by atoms with van der Waals surface area (Å²) in [5.74, 6) is -0.625. The van der Waals surface area contributed by atoms with Gasteiger partial charge in [-0.1, -0.05) is 17.7 Å². The quantitative estimate of drug-likeness (QED) is 0.737. The maximum Gasteiger partial charge on any atom is 0.338 e. The summed E-state index contributed by atoms with van der Waals surface area (Å²) in [5.41, 5.74) is -0.117. The van der Waals surface area contributed by atoms with Gasteiger partial charge in [0.2, 0.25) is 0 Å². The Balaban J connectivity index is 1.66. The van der Waals surface area contributed by atoms with Gasteiger partial charge >= 0.3 is 12.0 Å². The first kappa shape index (κ1) is 20.7. The number of para-hydroxylation sites is 1. The van der Waals surface area contributed by atoms with Crippen LogP contribution in [0.5, 0.6) is 0 Å². The van der Waals surface area contributed by atoms with Crippen molar-refractivity contribution in [1.29, 1.82) is 0 Å². The Morgan fingerprint density at radius 3 is 2.57 bits per heavy atom. The molecule has 154 valence electrons. The van der Waals surface area contributed by atoms with Crippen molar-refractivity contribution in [2.24, 2.45) is 0 Å². The summed E-state index contributed by atoms with van der Waals surface area (Å²) in [4.78, 5) is 28.3. The molecule has 28 heavy (non-hydrogen) atoms. The summed E-state index contributed by atoms with van der Waals surface area (Å²) in [6.45, 7) is 5.04. The number of likely N-dealkylation sites (tertiary alicyclic amines) is 1. The van der Waals surface area contributed by atoms with Crippen LogP contribution >= 0.6 is 11.6 Å². The lowest BCUT2D eigenvalue weighted by atomic mass is 9.92. The van der Waals surface area contributed by atoms with Crippen molar-refractivity contribution in [1.82, 2.24) is 4.90 Å². The number of rotatable bonds is 4. The maximum atomic E-state index is 12.8. The smallest absolute Gasteiger partial charge is 0.338 e. The highest BCUT2D eigenvalue weighted by Crippen LogP contribution is 2.35. The van der Waals surface area contributed by atoms with Crippen LogP contribution in [0, 0.1) is 0 Å². The number of urea groups is 1. The monoisotopic (exact) mass is 411 g/mol. The van der Waals surface area contributed by atoms with E-state index in [1.807, 2.05) is 6.07 Å². The van der Waals surface area contributed by atoms with Gasteiger partial charge in [0.1, 0.15) is 0 Å². The number of aliphatic hydroxyl groups is 1. The highest BCUT2D eigenvalue weighted by Gasteiger charge is 2.41. The fourth-order valence-electron chi connectivity index (χ4n) is 3.47. The first-order valence-electron chi connectivity index (χ1n) is 9.51. The molecule has 0 spiro atoms. The summed E-state index contributed by atoms with van der Waals surface area (Å²) < 4.78 is 10.3. The molecule has 9 heteroatoms. The second kappa shape index (κ2) is 8.98. The zero-order chi connectivity index (χ0) is 20.1. The SMILES string of the molecule is CCOC(=O)C1(O)CCN(C(=O)Nc2cccc(Cl)c2N2CCOCC2)CC1. The number of carbonyl (C=O) groups excluding carboxylic acids is 2. The van der Waals surface area contributed by atoms with Gasteiger partial charge in [-0.05, 0) is 19.1 Å². The predicted molar refractivity (Wildman–Crippen MR) is 106 cm³/mol. The van der Waals surface area contributed by atoms with Gasteiger partial charge in [0, 0.05) is 39.0 Å². The first-order valence-corrected chi connectivity index (χ1v) is 9.89. The van der Waals surface area contributed by atoms with E-state index in [1.54, 1.807) is 24.0 Å². The average molecular weight is 412 g/mol. The second-order valence-corrected chi connectivity index (χ2v) is 7.31. The fourth-order valence-corrected chi connectivity index (χ4v) is 3.76. The molecule has 0 radical (unpaired) electrons. The van der Waals surface area contributed by atoms with Crippen molar-refractivity contribution < 1.29 is 24.2 Å². The summed E-state index contributed by atoms with van der Waals surface area (Å²) in [5, 5.41) is 13.9. The standard InChI is InChI=1S/C19H26ClN3O5/c1-2-28-17(24)19(26)6-8-23(9-7-19)18(25)21-15-5-3-4-14(20)16(15)22-10-12-27-13-11-22/h3-5,26H,2,6-13H2,1H3,(H,21,25). The van der Waals surface area contributed by atoms with E-state index in [0.717, 1.165) is 5.69 Å². The minimum atomic E-state index is -1.53. The molecule has 2 aliphatic heterocycles. The normalized spacial score (nSPS) is 19.2. The van der Waals surface area contributed by atoms with Gasteiger partial charge in [0.05, 0.1) is 36.2 Å². The summed E-state index contributed by atoms with van der Waals surface area (Å²) in [6, 6.07) is 5.11. The summed E-state index contributed by atoms with van der Waals surface area (Å²) >= 11 is 6.40. The highest BCUT2D eigenvalue weighted by atomic mass is 35.5. The van der Waals surface area contributed by atoms with Crippen molar-refractivity contribution in [3.8, 4) is 0 Å². The summed E-state index contributed by atoms with van der Waals surface area (Å²) in [6.07, 6.45) is 0.288. The fraction of sp³-hybridized carbons (Fsp3) is 0.579. The Labute approximate surface area is 169 Å². The van der Waals surface area contributed by atoms with Crippen LogP contribution in [0.15, 0.2) is 18.2 Å². The zero-order valence-electron chi connectivity index (χ0n) is 15.9. The Bertz CT molecular complexity index is 716. The van der Waals surface area contributed by atoms with Crippen LogP contribution in [0.4, 0.5) is 16.2 Å². The molecule has 1 aromatic rings. The summed E-state index contributed by atoms with van der Waals surface area (Å²) in [7, 11) is 0. The minimum Gasteiger partial charge on any atom is -0.464 e. The van der Waals surface area contributed by atoms with Crippen LogP contribution in [0.25, 0.3) is 0 Å². The topological polar surface area (TPSA) is 91.3 Å². The van der Waals surface area contributed by atoms with Gasteiger partial charge in [-0.25, -0.2) is 9.59 Å². The van der Waals surface area contributed by atoms with E-state index >= 15 is 0 Å². The molecule has 0 aliphatic carbocycles. The molecule has 0 bridgehead atoms. The van der Waals surface area contributed by atoms with Crippen molar-refractivity contribution in [2.75, 3.05) is 56.2 Å².